The Bertz CT molecular complexity index is 1080. The van der Waals surface area contributed by atoms with Crippen LogP contribution in [0.5, 0.6) is 0 Å². The van der Waals surface area contributed by atoms with Crippen molar-refractivity contribution in [2.24, 2.45) is 0 Å². The standard InChI is InChI=1S/C17H11N7/c18-9-13-12(11-4-6-24-16(7-11)21-10-22-24)8-15(23-17(13)19)14-3-1-2-5-20-14/h1-8,10H,(H2,19,23). The summed E-state index contributed by atoms with van der Waals surface area (Å²) in [6.45, 7) is 0. The molecule has 0 saturated heterocycles. The van der Waals surface area contributed by atoms with Crippen molar-refractivity contribution in [1.82, 2.24) is 24.6 Å². The van der Waals surface area contributed by atoms with Crippen LogP contribution in [0.1, 0.15) is 5.56 Å². The maximum atomic E-state index is 9.48. The number of rotatable bonds is 2. The molecule has 0 amide bonds. The highest BCUT2D eigenvalue weighted by Gasteiger charge is 2.14. The normalized spacial score (nSPS) is 10.6. The second-order valence-corrected chi connectivity index (χ2v) is 5.12. The van der Waals surface area contributed by atoms with Crippen LogP contribution in [-0.4, -0.2) is 24.6 Å². The Morgan fingerprint density at radius 3 is 2.79 bits per heavy atom. The number of nitrogens with two attached hydrogens (primary N) is 1. The largest absolute Gasteiger partial charge is 0.383 e. The first kappa shape index (κ1) is 13.8. The molecule has 0 unspecified atom stereocenters. The summed E-state index contributed by atoms with van der Waals surface area (Å²) in [6.07, 6.45) is 4.95. The van der Waals surface area contributed by atoms with Crippen LogP contribution in [0, 0.1) is 11.3 Å². The topological polar surface area (TPSA) is 106 Å². The van der Waals surface area contributed by atoms with E-state index in [1.165, 1.54) is 6.33 Å². The molecule has 0 aromatic carbocycles. The minimum atomic E-state index is 0.178. The number of fused-ring (bicyclic) bond motifs is 1. The van der Waals surface area contributed by atoms with Gasteiger partial charge in [0.1, 0.15) is 23.8 Å². The van der Waals surface area contributed by atoms with Gasteiger partial charge < -0.3 is 5.73 Å². The molecule has 4 aromatic rings. The number of hydrogen-bond donors (Lipinski definition) is 1. The van der Waals surface area contributed by atoms with Crippen molar-refractivity contribution in [3.05, 3.63) is 60.7 Å². The third-order valence-electron chi connectivity index (χ3n) is 3.68. The molecule has 0 spiro atoms. The lowest BCUT2D eigenvalue weighted by atomic mass is 10.0. The number of aromatic nitrogens is 5. The highest BCUT2D eigenvalue weighted by Crippen LogP contribution is 2.30. The van der Waals surface area contributed by atoms with E-state index >= 15 is 0 Å². The van der Waals surface area contributed by atoms with Crippen LogP contribution in [0.4, 0.5) is 5.82 Å². The predicted molar refractivity (Wildman–Crippen MR) is 88.6 cm³/mol. The van der Waals surface area contributed by atoms with E-state index in [1.54, 1.807) is 16.9 Å². The molecule has 4 aromatic heterocycles. The summed E-state index contributed by atoms with van der Waals surface area (Å²) in [4.78, 5) is 12.8. The fourth-order valence-corrected chi connectivity index (χ4v) is 2.54. The van der Waals surface area contributed by atoms with Gasteiger partial charge >= 0.3 is 0 Å². The Kier molecular flexibility index (Phi) is 3.14. The molecule has 0 aliphatic carbocycles. The van der Waals surface area contributed by atoms with Gasteiger partial charge in [0.15, 0.2) is 5.65 Å². The fourth-order valence-electron chi connectivity index (χ4n) is 2.54. The Balaban J connectivity index is 1.96. The lowest BCUT2D eigenvalue weighted by Gasteiger charge is -2.10. The zero-order valence-electron chi connectivity index (χ0n) is 12.5. The second-order valence-electron chi connectivity index (χ2n) is 5.12. The van der Waals surface area contributed by atoms with Crippen LogP contribution in [0.25, 0.3) is 28.2 Å². The van der Waals surface area contributed by atoms with Crippen molar-refractivity contribution in [2.75, 3.05) is 5.73 Å². The van der Waals surface area contributed by atoms with Crippen LogP contribution in [0.2, 0.25) is 0 Å². The van der Waals surface area contributed by atoms with Crippen molar-refractivity contribution >= 4 is 11.5 Å². The maximum absolute atomic E-state index is 9.48. The van der Waals surface area contributed by atoms with E-state index in [1.807, 2.05) is 36.4 Å². The summed E-state index contributed by atoms with van der Waals surface area (Å²) >= 11 is 0. The van der Waals surface area contributed by atoms with E-state index in [-0.39, 0.29) is 5.82 Å². The lowest BCUT2D eigenvalue weighted by molar-refractivity contribution is 0.962. The zero-order chi connectivity index (χ0) is 16.5. The molecule has 0 atom stereocenters. The van der Waals surface area contributed by atoms with E-state index in [4.69, 9.17) is 5.73 Å². The van der Waals surface area contributed by atoms with Gasteiger partial charge in [-0.1, -0.05) is 6.07 Å². The third kappa shape index (κ3) is 2.23. The quantitative estimate of drug-likeness (QED) is 0.608. The van der Waals surface area contributed by atoms with E-state index < -0.39 is 0 Å². The van der Waals surface area contributed by atoms with Gasteiger partial charge in [-0.25, -0.2) is 14.5 Å². The van der Waals surface area contributed by atoms with Crippen LogP contribution in [0.3, 0.4) is 0 Å². The average molecular weight is 313 g/mol. The summed E-state index contributed by atoms with van der Waals surface area (Å²) < 4.78 is 1.65. The molecule has 114 valence electrons. The number of nitrogens with zero attached hydrogens (tertiary/aromatic N) is 6. The van der Waals surface area contributed by atoms with Crippen LogP contribution < -0.4 is 5.73 Å². The molecule has 0 aliphatic rings. The molecule has 2 N–H and O–H groups in total. The minimum absolute atomic E-state index is 0.178. The molecular formula is C17H11N7. The highest BCUT2D eigenvalue weighted by atomic mass is 15.3. The summed E-state index contributed by atoms with van der Waals surface area (Å²) in [5, 5.41) is 13.5. The van der Waals surface area contributed by atoms with Crippen LogP contribution >= 0.6 is 0 Å². The molecule has 7 heteroatoms. The van der Waals surface area contributed by atoms with Crippen molar-refractivity contribution in [1.29, 1.82) is 5.26 Å². The van der Waals surface area contributed by atoms with Gasteiger partial charge in [0.25, 0.3) is 0 Å². The first-order valence-electron chi connectivity index (χ1n) is 7.18. The molecule has 0 radical (unpaired) electrons. The molecule has 4 rings (SSSR count). The molecule has 0 saturated carbocycles. The minimum Gasteiger partial charge on any atom is -0.383 e. The predicted octanol–water partition coefficient (Wildman–Crippen LogP) is 2.31. The number of anilines is 1. The summed E-state index contributed by atoms with van der Waals surface area (Å²) in [6, 6.07) is 13.2. The van der Waals surface area contributed by atoms with Gasteiger partial charge in [0.05, 0.1) is 11.4 Å². The molecule has 0 aliphatic heterocycles. The monoisotopic (exact) mass is 313 g/mol. The van der Waals surface area contributed by atoms with Crippen molar-refractivity contribution in [3.8, 4) is 28.6 Å². The Labute approximate surface area is 137 Å². The van der Waals surface area contributed by atoms with Gasteiger partial charge in [-0.05, 0) is 35.9 Å². The first-order valence-corrected chi connectivity index (χ1v) is 7.18. The van der Waals surface area contributed by atoms with Crippen molar-refractivity contribution in [2.45, 2.75) is 0 Å². The number of pyridine rings is 3. The van der Waals surface area contributed by atoms with E-state index in [2.05, 4.69) is 26.1 Å². The van der Waals surface area contributed by atoms with Gasteiger partial charge in [0.2, 0.25) is 0 Å². The van der Waals surface area contributed by atoms with E-state index in [0.717, 1.165) is 5.56 Å². The molecular weight excluding hydrogens is 302 g/mol. The Morgan fingerprint density at radius 1 is 1.08 bits per heavy atom. The van der Waals surface area contributed by atoms with Crippen LogP contribution in [-0.2, 0) is 0 Å². The zero-order valence-corrected chi connectivity index (χ0v) is 12.5. The lowest BCUT2D eigenvalue weighted by Crippen LogP contribution is -2.00. The summed E-state index contributed by atoms with van der Waals surface area (Å²) in [5.74, 6) is 0.178. The number of nitriles is 1. The molecule has 24 heavy (non-hydrogen) atoms. The van der Waals surface area contributed by atoms with E-state index in [9.17, 15) is 5.26 Å². The highest BCUT2D eigenvalue weighted by molar-refractivity contribution is 5.80. The summed E-state index contributed by atoms with van der Waals surface area (Å²) in [5.41, 5.74) is 9.84. The fraction of sp³-hybridized carbons (Fsp3) is 0. The molecule has 4 heterocycles. The molecule has 0 bridgehead atoms. The van der Waals surface area contributed by atoms with Gasteiger partial charge in [-0.15, -0.1) is 0 Å². The average Bonchev–Trinajstić information content (AvgIpc) is 3.09. The number of hydrogen-bond acceptors (Lipinski definition) is 6. The van der Waals surface area contributed by atoms with Gasteiger partial charge in [0, 0.05) is 18.0 Å². The Hall–Kier alpha value is -3.79. The first-order chi connectivity index (χ1) is 11.8. The molecule has 7 nitrogen and oxygen atoms in total. The van der Waals surface area contributed by atoms with Crippen molar-refractivity contribution in [3.63, 3.8) is 0 Å². The van der Waals surface area contributed by atoms with Gasteiger partial charge in [-0.2, -0.15) is 10.4 Å². The molecule has 0 fully saturated rings. The van der Waals surface area contributed by atoms with Crippen LogP contribution in [0.15, 0.2) is 55.1 Å². The second kappa shape index (κ2) is 5.44. The smallest absolute Gasteiger partial charge is 0.155 e. The van der Waals surface area contributed by atoms with E-state index in [0.29, 0.717) is 28.2 Å². The SMILES string of the molecule is N#Cc1c(-c2ccn3ncnc3c2)cc(-c2ccccn2)nc1N. The number of nitrogen functional groups attached to an aromatic ring is 1. The Morgan fingerprint density at radius 2 is 2.00 bits per heavy atom. The third-order valence-corrected chi connectivity index (χ3v) is 3.68. The summed E-state index contributed by atoms with van der Waals surface area (Å²) in [7, 11) is 0. The van der Waals surface area contributed by atoms with Crippen molar-refractivity contribution < 1.29 is 0 Å². The maximum Gasteiger partial charge on any atom is 0.155 e. The van der Waals surface area contributed by atoms with Gasteiger partial charge in [-0.3, -0.25) is 4.98 Å².